The first-order valence-electron chi connectivity index (χ1n) is 12.4. The van der Waals surface area contributed by atoms with Crippen LogP contribution in [-0.2, 0) is 16.0 Å². The van der Waals surface area contributed by atoms with Gasteiger partial charge >= 0.3 is 12.1 Å². The molecule has 1 aliphatic heterocycles. The summed E-state index contributed by atoms with van der Waals surface area (Å²) in [7, 11) is 0. The summed E-state index contributed by atoms with van der Waals surface area (Å²) in [5, 5.41) is 12.3. The third kappa shape index (κ3) is 4.61. The minimum atomic E-state index is -1.11. The van der Waals surface area contributed by atoms with Gasteiger partial charge in [0.25, 0.3) is 0 Å². The van der Waals surface area contributed by atoms with Gasteiger partial charge in [-0.25, -0.2) is 9.59 Å². The van der Waals surface area contributed by atoms with Gasteiger partial charge in [0.15, 0.2) is 0 Å². The number of amides is 1. The number of carboxylic acids is 1. The lowest BCUT2D eigenvalue weighted by atomic mass is 9.98. The molecule has 1 atom stereocenters. The second kappa shape index (κ2) is 10.3. The van der Waals surface area contributed by atoms with E-state index < -0.39 is 18.1 Å². The minimum Gasteiger partial charge on any atom is -0.480 e. The zero-order valence-corrected chi connectivity index (χ0v) is 21.2. The zero-order valence-electron chi connectivity index (χ0n) is 20.4. The Hall–Kier alpha value is -4.23. The molecule has 0 saturated heterocycles. The maximum atomic E-state index is 12.7. The predicted molar refractivity (Wildman–Crippen MR) is 146 cm³/mol. The molecule has 2 aliphatic rings. The fourth-order valence-corrected chi connectivity index (χ4v) is 6.23. The van der Waals surface area contributed by atoms with Gasteiger partial charge in [-0.1, -0.05) is 72.8 Å². The number of hydrogen-bond donors (Lipinski definition) is 2. The molecule has 0 saturated carbocycles. The van der Waals surface area contributed by atoms with E-state index in [0.29, 0.717) is 6.42 Å². The second-order valence-electron chi connectivity index (χ2n) is 9.29. The summed E-state index contributed by atoms with van der Waals surface area (Å²) in [5.74, 6) is 0.548. The molecule has 38 heavy (non-hydrogen) atoms. The van der Waals surface area contributed by atoms with Gasteiger partial charge in [0.2, 0.25) is 0 Å². The molecule has 190 valence electrons. The van der Waals surface area contributed by atoms with Crippen LogP contribution in [-0.4, -0.2) is 35.6 Å². The first-order chi connectivity index (χ1) is 18.6. The van der Waals surface area contributed by atoms with E-state index in [1.807, 2.05) is 78.9 Å². The molecule has 6 nitrogen and oxygen atoms in total. The molecule has 4 aromatic carbocycles. The average molecular weight is 524 g/mol. The molecular weight excluding hydrogens is 498 g/mol. The molecule has 4 aromatic rings. The van der Waals surface area contributed by atoms with E-state index in [1.165, 1.54) is 11.8 Å². The van der Waals surface area contributed by atoms with E-state index in [9.17, 15) is 14.7 Å². The van der Waals surface area contributed by atoms with E-state index in [1.54, 1.807) is 0 Å². The molecule has 2 N–H and O–H groups in total. The van der Waals surface area contributed by atoms with Crippen molar-refractivity contribution in [3.05, 3.63) is 113 Å². The number of rotatable bonds is 7. The summed E-state index contributed by atoms with van der Waals surface area (Å²) in [6, 6.07) is 28.7. The molecular formula is C31H25NO5S. The first-order valence-corrected chi connectivity index (χ1v) is 13.4. The van der Waals surface area contributed by atoms with Crippen molar-refractivity contribution in [2.75, 3.05) is 12.4 Å². The van der Waals surface area contributed by atoms with Gasteiger partial charge in [-0.15, -0.1) is 11.8 Å². The van der Waals surface area contributed by atoms with Gasteiger partial charge in [-0.2, -0.15) is 0 Å². The summed E-state index contributed by atoms with van der Waals surface area (Å²) >= 11 is 1.38. The number of carbonyl (C=O) groups is 2. The Morgan fingerprint density at radius 2 is 1.55 bits per heavy atom. The lowest BCUT2D eigenvalue weighted by Crippen LogP contribution is -2.43. The van der Waals surface area contributed by atoms with Crippen LogP contribution in [0, 0.1) is 0 Å². The number of para-hydroxylation sites is 1. The molecule has 0 aromatic heterocycles. The average Bonchev–Trinajstić information content (AvgIpc) is 3.26. The van der Waals surface area contributed by atoms with E-state index in [0.717, 1.165) is 49.8 Å². The van der Waals surface area contributed by atoms with Crippen LogP contribution in [0.5, 0.6) is 11.5 Å². The second-order valence-corrected chi connectivity index (χ2v) is 10.4. The highest BCUT2D eigenvalue weighted by atomic mass is 32.2. The Balaban J connectivity index is 1.10. The van der Waals surface area contributed by atoms with Gasteiger partial charge in [0, 0.05) is 28.6 Å². The Bertz CT molecular complexity index is 1490. The topological polar surface area (TPSA) is 84.9 Å². The van der Waals surface area contributed by atoms with Crippen molar-refractivity contribution >= 4 is 23.8 Å². The number of hydrogen-bond acceptors (Lipinski definition) is 5. The number of benzene rings is 4. The van der Waals surface area contributed by atoms with Crippen LogP contribution < -0.4 is 10.1 Å². The predicted octanol–water partition coefficient (Wildman–Crippen LogP) is 6.47. The number of thioether (sulfide) groups is 1. The Morgan fingerprint density at radius 3 is 2.29 bits per heavy atom. The van der Waals surface area contributed by atoms with Gasteiger partial charge in [-0.3, -0.25) is 0 Å². The summed E-state index contributed by atoms with van der Waals surface area (Å²) in [4.78, 5) is 25.6. The smallest absolute Gasteiger partial charge is 0.407 e. The third-order valence-electron chi connectivity index (χ3n) is 6.99. The van der Waals surface area contributed by atoms with E-state index in [2.05, 4.69) is 17.4 Å². The molecule has 0 bridgehead atoms. The van der Waals surface area contributed by atoms with Crippen molar-refractivity contribution in [1.29, 1.82) is 0 Å². The number of ether oxygens (including phenoxy) is 2. The molecule has 1 unspecified atom stereocenters. The Kier molecular flexibility index (Phi) is 6.52. The maximum absolute atomic E-state index is 12.7. The largest absolute Gasteiger partial charge is 0.480 e. The van der Waals surface area contributed by atoms with Crippen molar-refractivity contribution in [2.45, 2.75) is 23.3 Å². The number of fused-ring (bicyclic) bond motifs is 5. The molecule has 6 rings (SSSR count). The van der Waals surface area contributed by atoms with Crippen LogP contribution in [0.2, 0.25) is 0 Å². The molecule has 0 spiro atoms. The van der Waals surface area contributed by atoms with Gasteiger partial charge in [-0.05, 0) is 46.0 Å². The summed E-state index contributed by atoms with van der Waals surface area (Å²) in [6.45, 7) is 0.127. The van der Waals surface area contributed by atoms with E-state index in [4.69, 9.17) is 9.47 Å². The quantitative estimate of drug-likeness (QED) is 0.238. The first kappa shape index (κ1) is 24.1. The highest BCUT2D eigenvalue weighted by Crippen LogP contribution is 2.44. The summed E-state index contributed by atoms with van der Waals surface area (Å²) in [5.41, 5.74) is 6.57. The molecule has 0 fully saturated rings. The molecule has 1 heterocycles. The normalized spacial score (nSPS) is 13.8. The van der Waals surface area contributed by atoms with Crippen LogP contribution in [0.15, 0.2) is 95.9 Å². The Morgan fingerprint density at radius 1 is 0.895 bits per heavy atom. The lowest BCUT2D eigenvalue weighted by Gasteiger charge is -2.23. The highest BCUT2D eigenvalue weighted by molar-refractivity contribution is 7.99. The van der Waals surface area contributed by atoms with Crippen LogP contribution in [0.25, 0.3) is 11.1 Å². The monoisotopic (exact) mass is 523 g/mol. The maximum Gasteiger partial charge on any atom is 0.407 e. The van der Waals surface area contributed by atoms with Gasteiger partial charge < -0.3 is 19.9 Å². The standard InChI is InChI=1S/C31H25NO5S/c33-30(34)26(18-38-29-15-7-14-28-24(29)16-19-8-1-6-13-27(19)37-28)32-31(35)36-17-25-22-11-4-2-9-20(22)21-10-3-5-12-23(21)25/h1-15,25-26H,16-18H2,(H,32,35)(H,33,34). The fourth-order valence-electron chi connectivity index (χ4n) is 5.14. The summed E-state index contributed by atoms with van der Waals surface area (Å²) in [6.07, 6.45) is -0.0427. The van der Waals surface area contributed by atoms with Crippen LogP contribution in [0.3, 0.4) is 0 Å². The van der Waals surface area contributed by atoms with Crippen molar-refractivity contribution in [3.8, 4) is 22.6 Å². The highest BCUT2D eigenvalue weighted by Gasteiger charge is 2.30. The number of alkyl carbamates (subject to hydrolysis) is 1. The SMILES string of the molecule is O=C(NC(CSc1cccc2c1Cc1ccccc1O2)C(=O)O)OCC1c2ccccc2-c2ccccc21. The van der Waals surface area contributed by atoms with Crippen molar-refractivity contribution in [1.82, 2.24) is 5.32 Å². The summed E-state index contributed by atoms with van der Waals surface area (Å²) < 4.78 is 11.6. The molecule has 0 radical (unpaired) electrons. The molecule has 1 aliphatic carbocycles. The molecule has 1 amide bonds. The minimum absolute atomic E-state index is 0.0930. The lowest BCUT2D eigenvalue weighted by molar-refractivity contribution is -0.138. The number of aliphatic carboxylic acids is 1. The number of carbonyl (C=O) groups excluding carboxylic acids is 1. The van der Waals surface area contributed by atoms with Gasteiger partial charge in [0.05, 0.1) is 0 Å². The zero-order chi connectivity index (χ0) is 26.1. The van der Waals surface area contributed by atoms with Crippen LogP contribution >= 0.6 is 11.8 Å². The number of nitrogens with one attached hydrogen (secondary N) is 1. The van der Waals surface area contributed by atoms with Gasteiger partial charge in [0.1, 0.15) is 24.1 Å². The number of carboxylic acid groups (broad SMARTS) is 1. The van der Waals surface area contributed by atoms with Crippen molar-refractivity contribution in [2.24, 2.45) is 0 Å². The Labute approximate surface area is 224 Å². The van der Waals surface area contributed by atoms with Crippen LogP contribution in [0.4, 0.5) is 4.79 Å². The van der Waals surface area contributed by atoms with Crippen molar-refractivity contribution in [3.63, 3.8) is 0 Å². The fraction of sp³-hybridized carbons (Fsp3) is 0.161. The van der Waals surface area contributed by atoms with E-state index >= 15 is 0 Å². The third-order valence-corrected chi connectivity index (χ3v) is 8.18. The van der Waals surface area contributed by atoms with Crippen LogP contribution in [0.1, 0.15) is 28.2 Å². The van der Waals surface area contributed by atoms with Crippen molar-refractivity contribution < 1.29 is 24.2 Å². The van der Waals surface area contributed by atoms with E-state index in [-0.39, 0.29) is 18.3 Å². The molecule has 7 heteroatoms.